The second-order valence-electron chi connectivity index (χ2n) is 6.87. The van der Waals surface area contributed by atoms with Crippen molar-refractivity contribution >= 4 is 22.9 Å². The fourth-order valence-electron chi connectivity index (χ4n) is 3.27. The number of hydrogen-bond donors (Lipinski definition) is 0. The molecule has 0 saturated heterocycles. The van der Waals surface area contributed by atoms with Gasteiger partial charge in [0.2, 0.25) is 0 Å². The molecule has 0 N–H and O–H groups in total. The fourth-order valence-corrected chi connectivity index (χ4v) is 4.18. The molecule has 5 heteroatoms. The normalized spacial score (nSPS) is 16.5. The molecule has 2 heterocycles. The molecule has 1 aromatic carbocycles. The van der Waals surface area contributed by atoms with E-state index in [0.29, 0.717) is 0 Å². The van der Waals surface area contributed by atoms with Crippen LogP contribution in [0, 0.1) is 0 Å². The van der Waals surface area contributed by atoms with Gasteiger partial charge in [0, 0.05) is 17.5 Å². The van der Waals surface area contributed by atoms with E-state index in [1.165, 1.54) is 12.8 Å². The summed E-state index contributed by atoms with van der Waals surface area (Å²) in [7, 11) is 0. The second-order valence-corrected chi connectivity index (χ2v) is 7.81. The lowest BCUT2D eigenvalue weighted by molar-refractivity contribution is -0.125. The highest BCUT2D eigenvalue weighted by molar-refractivity contribution is 7.09. The molecular weight excluding hydrogens is 344 g/mol. The minimum Gasteiger partial charge on any atom is -0.479 e. The highest BCUT2D eigenvalue weighted by atomic mass is 32.1. The van der Waals surface area contributed by atoms with Crippen molar-refractivity contribution in [3.8, 4) is 17.0 Å². The molecule has 4 nitrogen and oxygen atoms in total. The number of amides is 1. The summed E-state index contributed by atoms with van der Waals surface area (Å²) >= 11 is 1.70. The van der Waals surface area contributed by atoms with Gasteiger partial charge in [0.05, 0.1) is 16.4 Å². The molecule has 0 bridgehead atoms. The third kappa shape index (κ3) is 4.09. The average Bonchev–Trinajstić information content (AvgIpc) is 3.10. The minimum atomic E-state index is -0.421. The molecule has 1 unspecified atom stereocenters. The van der Waals surface area contributed by atoms with Crippen molar-refractivity contribution in [1.82, 2.24) is 4.98 Å². The molecule has 3 rings (SSSR count). The molecule has 1 aromatic heterocycles. The maximum Gasteiger partial charge on any atom is 0.267 e. The summed E-state index contributed by atoms with van der Waals surface area (Å²) in [5, 5.41) is 3.27. The molecule has 0 spiro atoms. The highest BCUT2D eigenvalue weighted by Gasteiger charge is 2.31. The average molecular weight is 373 g/mol. The maximum absolute atomic E-state index is 12.7. The smallest absolute Gasteiger partial charge is 0.267 e. The molecule has 0 aliphatic carbocycles. The first-order valence-corrected chi connectivity index (χ1v) is 10.6. The lowest BCUT2D eigenvalue weighted by Crippen LogP contribution is -2.44. The number of unbranched alkanes of at least 4 members (excludes halogenated alkanes) is 3. The Hall–Kier alpha value is -1.88. The van der Waals surface area contributed by atoms with Crippen LogP contribution in [0.5, 0.6) is 5.75 Å². The number of hydrogen-bond acceptors (Lipinski definition) is 4. The minimum absolute atomic E-state index is 0.0519. The van der Waals surface area contributed by atoms with E-state index in [1.807, 2.05) is 24.0 Å². The number of ether oxygens (including phenoxy) is 1. The Labute approximate surface area is 160 Å². The Morgan fingerprint density at radius 2 is 2.04 bits per heavy atom. The molecule has 1 aliphatic rings. The zero-order chi connectivity index (χ0) is 18.5. The summed E-state index contributed by atoms with van der Waals surface area (Å²) in [5.74, 6) is 0.844. The number of carbonyl (C=O) groups is 1. The molecule has 0 saturated carbocycles. The van der Waals surface area contributed by atoms with E-state index in [0.717, 1.165) is 59.9 Å². The number of aromatic nitrogens is 1. The van der Waals surface area contributed by atoms with Gasteiger partial charge in [0.25, 0.3) is 5.91 Å². The van der Waals surface area contributed by atoms with E-state index in [1.54, 1.807) is 11.3 Å². The van der Waals surface area contributed by atoms with E-state index in [2.05, 4.69) is 25.3 Å². The number of nitrogens with zero attached hydrogens (tertiary/aromatic N) is 2. The zero-order valence-electron chi connectivity index (χ0n) is 16.0. The van der Waals surface area contributed by atoms with Crippen molar-refractivity contribution in [3.63, 3.8) is 0 Å². The van der Waals surface area contributed by atoms with Crippen LogP contribution in [0.3, 0.4) is 0 Å². The lowest BCUT2D eigenvalue weighted by atomic mass is 10.1. The Balaban J connectivity index is 1.86. The summed E-state index contributed by atoms with van der Waals surface area (Å²) in [4.78, 5) is 19.3. The van der Waals surface area contributed by atoms with Gasteiger partial charge in [0.1, 0.15) is 5.75 Å². The Kier molecular flexibility index (Phi) is 6.30. The van der Waals surface area contributed by atoms with Crippen LogP contribution in [-0.4, -0.2) is 23.5 Å². The van der Waals surface area contributed by atoms with E-state index in [9.17, 15) is 4.79 Å². The van der Waals surface area contributed by atoms with Crippen molar-refractivity contribution in [1.29, 1.82) is 0 Å². The molecule has 0 radical (unpaired) electrons. The summed E-state index contributed by atoms with van der Waals surface area (Å²) in [5.41, 5.74) is 2.91. The predicted molar refractivity (Wildman–Crippen MR) is 108 cm³/mol. The first-order chi connectivity index (χ1) is 12.6. The maximum atomic E-state index is 12.7. The van der Waals surface area contributed by atoms with Crippen LogP contribution < -0.4 is 9.64 Å². The summed E-state index contributed by atoms with van der Waals surface area (Å²) in [6.07, 6.45) is 6.26. The monoisotopic (exact) mass is 372 g/mol. The van der Waals surface area contributed by atoms with Crippen molar-refractivity contribution in [2.45, 2.75) is 65.4 Å². The number of benzene rings is 1. The quantitative estimate of drug-likeness (QED) is 0.578. The standard InChI is InChI=1S/C21H28N2O2S/c1-4-6-7-8-12-23-18-13-16(17-14-26-20(22-17)9-5-2)10-11-19(18)25-15(3)21(23)24/h10-11,13-15H,4-9,12H2,1-3H3. The van der Waals surface area contributed by atoms with Gasteiger partial charge in [-0.2, -0.15) is 0 Å². The van der Waals surface area contributed by atoms with Crippen LogP contribution in [0.4, 0.5) is 5.69 Å². The van der Waals surface area contributed by atoms with Crippen molar-refractivity contribution in [2.75, 3.05) is 11.4 Å². The van der Waals surface area contributed by atoms with Gasteiger partial charge >= 0.3 is 0 Å². The van der Waals surface area contributed by atoms with Crippen LogP contribution in [0.1, 0.15) is 57.9 Å². The Morgan fingerprint density at radius 1 is 1.19 bits per heavy atom. The number of aryl methyl sites for hydroxylation is 1. The van der Waals surface area contributed by atoms with Crippen molar-refractivity contribution in [3.05, 3.63) is 28.6 Å². The van der Waals surface area contributed by atoms with Crippen LogP contribution in [0.15, 0.2) is 23.6 Å². The molecule has 1 atom stereocenters. The van der Waals surface area contributed by atoms with Gasteiger partial charge in [-0.25, -0.2) is 4.98 Å². The number of thiazole rings is 1. The Morgan fingerprint density at radius 3 is 2.81 bits per heavy atom. The molecule has 140 valence electrons. The summed E-state index contributed by atoms with van der Waals surface area (Å²) in [6, 6.07) is 6.08. The van der Waals surface area contributed by atoms with Gasteiger partial charge in [-0.3, -0.25) is 4.79 Å². The molecule has 2 aromatic rings. The van der Waals surface area contributed by atoms with Crippen LogP contribution in [0.2, 0.25) is 0 Å². The van der Waals surface area contributed by atoms with Gasteiger partial charge in [-0.1, -0.05) is 33.1 Å². The van der Waals surface area contributed by atoms with Crippen LogP contribution in [0.25, 0.3) is 11.3 Å². The molecule has 1 aliphatic heterocycles. The number of fused-ring (bicyclic) bond motifs is 1. The van der Waals surface area contributed by atoms with E-state index < -0.39 is 6.10 Å². The fraction of sp³-hybridized carbons (Fsp3) is 0.524. The largest absolute Gasteiger partial charge is 0.479 e. The van der Waals surface area contributed by atoms with Crippen LogP contribution in [-0.2, 0) is 11.2 Å². The summed E-state index contributed by atoms with van der Waals surface area (Å²) < 4.78 is 5.83. The second kappa shape index (κ2) is 8.67. The Bertz CT molecular complexity index is 756. The topological polar surface area (TPSA) is 42.4 Å². The van der Waals surface area contributed by atoms with Gasteiger partial charge in [-0.15, -0.1) is 11.3 Å². The number of anilines is 1. The van der Waals surface area contributed by atoms with E-state index >= 15 is 0 Å². The van der Waals surface area contributed by atoms with Crippen molar-refractivity contribution < 1.29 is 9.53 Å². The number of carbonyl (C=O) groups excluding carboxylic acids is 1. The van der Waals surface area contributed by atoms with Gasteiger partial charge in [0.15, 0.2) is 6.10 Å². The van der Waals surface area contributed by atoms with Gasteiger partial charge in [-0.05, 0) is 44.4 Å². The lowest BCUT2D eigenvalue weighted by Gasteiger charge is -2.33. The third-order valence-electron chi connectivity index (χ3n) is 4.71. The summed E-state index contributed by atoms with van der Waals surface area (Å²) in [6.45, 7) is 6.95. The predicted octanol–water partition coefficient (Wildman–Crippen LogP) is 5.46. The first kappa shape index (κ1) is 18.9. The van der Waals surface area contributed by atoms with Crippen molar-refractivity contribution in [2.24, 2.45) is 0 Å². The molecule has 0 fully saturated rings. The van der Waals surface area contributed by atoms with Crippen LogP contribution >= 0.6 is 11.3 Å². The SMILES string of the molecule is CCCCCCN1C(=O)C(C)Oc2ccc(-c3csc(CCC)n3)cc21. The van der Waals surface area contributed by atoms with Gasteiger partial charge < -0.3 is 9.64 Å². The number of rotatable bonds is 8. The molecular formula is C21H28N2O2S. The van der Waals surface area contributed by atoms with E-state index in [-0.39, 0.29) is 5.91 Å². The first-order valence-electron chi connectivity index (χ1n) is 9.70. The zero-order valence-corrected chi connectivity index (χ0v) is 16.8. The van der Waals surface area contributed by atoms with E-state index in [4.69, 9.17) is 9.72 Å². The third-order valence-corrected chi connectivity index (χ3v) is 5.62. The molecule has 26 heavy (non-hydrogen) atoms. The molecule has 1 amide bonds. The highest BCUT2D eigenvalue weighted by Crippen LogP contribution is 2.38.